The molecule has 2 heterocycles. The molecule has 4 aromatic rings. The zero-order valence-corrected chi connectivity index (χ0v) is 18.1. The lowest BCUT2D eigenvalue weighted by Crippen LogP contribution is -2.16. The molecule has 0 radical (unpaired) electrons. The molecule has 0 atom stereocenters. The highest BCUT2D eigenvalue weighted by atomic mass is 35.5. The molecular formula is C20H17ClN4O2S2. The number of ether oxygens (including phenoxy) is 1. The van der Waals surface area contributed by atoms with Gasteiger partial charge in [0.25, 0.3) is 0 Å². The number of rotatable bonds is 6. The van der Waals surface area contributed by atoms with Gasteiger partial charge in [-0.25, -0.2) is 4.98 Å². The third-order valence-corrected chi connectivity index (χ3v) is 6.32. The van der Waals surface area contributed by atoms with Crippen LogP contribution in [0.3, 0.4) is 0 Å². The van der Waals surface area contributed by atoms with E-state index in [1.165, 1.54) is 23.1 Å². The normalized spacial score (nSPS) is 11.0. The van der Waals surface area contributed by atoms with Gasteiger partial charge < -0.3 is 10.1 Å². The number of benzene rings is 2. The molecule has 0 fully saturated rings. The second kappa shape index (κ2) is 8.44. The standard InChI is InChI=1S/C20H17ClN4O2S2/c1-12-9-18(23-19(26)11-28-15-6-3-13(21)4-7-15)25(24-12)20-22-16-10-14(27-2)5-8-17(16)29-20/h3-10H,11H2,1-2H3,(H,23,26). The van der Waals surface area contributed by atoms with Gasteiger partial charge in [0.1, 0.15) is 11.6 Å². The van der Waals surface area contributed by atoms with Crippen molar-refractivity contribution in [2.45, 2.75) is 11.8 Å². The van der Waals surface area contributed by atoms with Gasteiger partial charge in [0.2, 0.25) is 11.0 Å². The van der Waals surface area contributed by atoms with E-state index in [0.717, 1.165) is 26.6 Å². The summed E-state index contributed by atoms with van der Waals surface area (Å²) >= 11 is 8.84. The van der Waals surface area contributed by atoms with E-state index >= 15 is 0 Å². The van der Waals surface area contributed by atoms with Crippen LogP contribution in [-0.2, 0) is 4.79 Å². The van der Waals surface area contributed by atoms with Crippen LogP contribution in [0.2, 0.25) is 5.02 Å². The van der Waals surface area contributed by atoms with E-state index in [1.807, 2.05) is 55.5 Å². The second-order valence-electron chi connectivity index (χ2n) is 6.20. The maximum absolute atomic E-state index is 12.5. The van der Waals surface area contributed by atoms with Gasteiger partial charge in [-0.3, -0.25) is 4.79 Å². The highest BCUT2D eigenvalue weighted by Gasteiger charge is 2.15. The molecule has 0 saturated carbocycles. The molecular weight excluding hydrogens is 428 g/mol. The quantitative estimate of drug-likeness (QED) is 0.415. The summed E-state index contributed by atoms with van der Waals surface area (Å²) in [7, 11) is 1.63. The van der Waals surface area contributed by atoms with Crippen LogP contribution in [0.25, 0.3) is 15.3 Å². The Morgan fingerprint density at radius 3 is 2.79 bits per heavy atom. The van der Waals surface area contributed by atoms with Crippen molar-refractivity contribution >= 4 is 56.6 Å². The van der Waals surface area contributed by atoms with Crippen LogP contribution >= 0.6 is 34.7 Å². The molecule has 0 saturated heterocycles. The number of aromatic nitrogens is 3. The van der Waals surface area contributed by atoms with Gasteiger partial charge in [-0.05, 0) is 43.3 Å². The van der Waals surface area contributed by atoms with Crippen LogP contribution < -0.4 is 10.1 Å². The zero-order valence-electron chi connectivity index (χ0n) is 15.7. The number of anilines is 1. The largest absolute Gasteiger partial charge is 0.497 e. The summed E-state index contributed by atoms with van der Waals surface area (Å²) < 4.78 is 7.95. The molecule has 1 amide bonds. The summed E-state index contributed by atoms with van der Waals surface area (Å²) in [5.74, 6) is 1.51. The van der Waals surface area contributed by atoms with Crippen molar-refractivity contribution in [1.29, 1.82) is 0 Å². The average Bonchev–Trinajstić information content (AvgIpc) is 3.29. The Bertz CT molecular complexity index is 1170. The van der Waals surface area contributed by atoms with Crippen LogP contribution in [-0.4, -0.2) is 33.5 Å². The van der Waals surface area contributed by atoms with E-state index in [1.54, 1.807) is 11.8 Å². The number of hydrogen-bond donors (Lipinski definition) is 1. The Labute approximate surface area is 180 Å². The Morgan fingerprint density at radius 2 is 2.03 bits per heavy atom. The Kier molecular flexibility index (Phi) is 5.75. The average molecular weight is 445 g/mol. The van der Waals surface area contributed by atoms with Gasteiger partial charge >= 0.3 is 0 Å². The number of nitrogens with zero attached hydrogens (tertiary/aromatic N) is 3. The summed E-state index contributed by atoms with van der Waals surface area (Å²) in [5.41, 5.74) is 1.62. The number of thiazole rings is 1. The van der Waals surface area contributed by atoms with E-state index in [0.29, 0.717) is 16.0 Å². The van der Waals surface area contributed by atoms with E-state index in [-0.39, 0.29) is 11.7 Å². The summed E-state index contributed by atoms with van der Waals surface area (Å²) in [6.07, 6.45) is 0. The minimum atomic E-state index is -0.117. The van der Waals surface area contributed by atoms with Crippen molar-refractivity contribution in [3.05, 3.63) is 59.2 Å². The predicted octanol–water partition coefficient (Wildman–Crippen LogP) is 5.18. The van der Waals surface area contributed by atoms with Crippen LogP contribution in [0, 0.1) is 6.92 Å². The van der Waals surface area contributed by atoms with E-state index in [9.17, 15) is 4.79 Å². The SMILES string of the molecule is COc1ccc2sc(-n3nc(C)cc3NC(=O)CSc3ccc(Cl)cc3)nc2c1. The molecule has 0 unspecified atom stereocenters. The number of aryl methyl sites for hydroxylation is 1. The van der Waals surface area contributed by atoms with Gasteiger partial charge in [0.15, 0.2) is 0 Å². The number of carbonyl (C=O) groups is 1. The molecule has 9 heteroatoms. The highest BCUT2D eigenvalue weighted by molar-refractivity contribution is 8.00. The summed E-state index contributed by atoms with van der Waals surface area (Å²) in [5, 5.41) is 8.79. The van der Waals surface area contributed by atoms with Crippen molar-refractivity contribution in [2.75, 3.05) is 18.2 Å². The van der Waals surface area contributed by atoms with Gasteiger partial charge in [0.05, 0.1) is 28.8 Å². The summed E-state index contributed by atoms with van der Waals surface area (Å²) in [6, 6.07) is 15.0. The molecule has 2 aromatic carbocycles. The fourth-order valence-corrected chi connectivity index (χ4v) is 4.44. The molecule has 0 aliphatic rings. The Morgan fingerprint density at radius 1 is 1.24 bits per heavy atom. The minimum absolute atomic E-state index is 0.117. The number of nitrogens with one attached hydrogen (secondary N) is 1. The monoisotopic (exact) mass is 444 g/mol. The number of amides is 1. The molecule has 2 aromatic heterocycles. The fraction of sp³-hybridized carbons (Fsp3) is 0.150. The van der Waals surface area contributed by atoms with Crippen LogP contribution in [0.15, 0.2) is 53.4 Å². The number of thioether (sulfide) groups is 1. The lowest BCUT2D eigenvalue weighted by Gasteiger charge is -2.06. The number of halogens is 1. The van der Waals surface area contributed by atoms with E-state index in [2.05, 4.69) is 15.4 Å². The molecule has 29 heavy (non-hydrogen) atoms. The van der Waals surface area contributed by atoms with Crippen LogP contribution in [0.5, 0.6) is 5.75 Å². The second-order valence-corrected chi connectivity index (χ2v) is 8.70. The summed E-state index contributed by atoms with van der Waals surface area (Å²) in [4.78, 5) is 18.1. The number of hydrogen-bond acceptors (Lipinski definition) is 6. The summed E-state index contributed by atoms with van der Waals surface area (Å²) in [6.45, 7) is 1.88. The third kappa shape index (κ3) is 4.55. The van der Waals surface area contributed by atoms with Crippen molar-refractivity contribution in [1.82, 2.24) is 14.8 Å². The molecule has 0 spiro atoms. The van der Waals surface area contributed by atoms with Crippen LogP contribution in [0.1, 0.15) is 5.69 Å². The first-order chi connectivity index (χ1) is 14.0. The Hall–Kier alpha value is -2.55. The molecule has 0 aliphatic carbocycles. The smallest absolute Gasteiger partial charge is 0.235 e. The van der Waals surface area contributed by atoms with Crippen molar-refractivity contribution < 1.29 is 9.53 Å². The maximum atomic E-state index is 12.5. The number of carbonyl (C=O) groups excluding carboxylic acids is 1. The van der Waals surface area contributed by atoms with Gasteiger partial charge in [0, 0.05) is 22.1 Å². The lowest BCUT2D eigenvalue weighted by molar-refractivity contribution is -0.113. The van der Waals surface area contributed by atoms with E-state index < -0.39 is 0 Å². The molecule has 0 aliphatic heterocycles. The lowest BCUT2D eigenvalue weighted by atomic mass is 10.3. The highest BCUT2D eigenvalue weighted by Crippen LogP contribution is 2.30. The van der Waals surface area contributed by atoms with Gasteiger partial charge in [-0.1, -0.05) is 22.9 Å². The van der Waals surface area contributed by atoms with E-state index in [4.69, 9.17) is 16.3 Å². The molecule has 4 rings (SSSR count). The zero-order chi connectivity index (χ0) is 20.4. The Balaban J connectivity index is 1.52. The maximum Gasteiger partial charge on any atom is 0.235 e. The molecule has 1 N–H and O–H groups in total. The molecule has 148 valence electrons. The van der Waals surface area contributed by atoms with Crippen molar-refractivity contribution in [3.63, 3.8) is 0 Å². The molecule has 0 bridgehead atoms. The first-order valence-electron chi connectivity index (χ1n) is 8.71. The van der Waals surface area contributed by atoms with Crippen molar-refractivity contribution in [3.8, 4) is 10.9 Å². The van der Waals surface area contributed by atoms with Crippen molar-refractivity contribution in [2.24, 2.45) is 0 Å². The first kappa shape index (κ1) is 19.8. The minimum Gasteiger partial charge on any atom is -0.497 e. The number of methoxy groups -OCH3 is 1. The van der Waals surface area contributed by atoms with Crippen LogP contribution in [0.4, 0.5) is 5.82 Å². The third-order valence-electron chi connectivity index (χ3n) is 4.05. The topological polar surface area (TPSA) is 69.0 Å². The van der Waals surface area contributed by atoms with Gasteiger partial charge in [-0.2, -0.15) is 9.78 Å². The molecule has 6 nitrogen and oxygen atoms in total. The predicted molar refractivity (Wildman–Crippen MR) is 119 cm³/mol. The number of fused-ring (bicyclic) bond motifs is 1. The van der Waals surface area contributed by atoms with Gasteiger partial charge in [-0.15, -0.1) is 11.8 Å². The fourth-order valence-electron chi connectivity index (χ4n) is 2.71. The first-order valence-corrected chi connectivity index (χ1v) is 10.9.